The van der Waals surface area contributed by atoms with Crippen LogP contribution in [-0.2, 0) is 9.53 Å². The van der Waals surface area contributed by atoms with Crippen molar-refractivity contribution in [3.63, 3.8) is 0 Å². The Morgan fingerprint density at radius 1 is 1.21 bits per heavy atom. The third kappa shape index (κ3) is 5.24. The second-order valence-corrected chi connectivity index (χ2v) is 5.43. The van der Waals surface area contributed by atoms with Crippen LogP contribution in [0.3, 0.4) is 0 Å². The lowest BCUT2D eigenvalue weighted by Crippen LogP contribution is -2.34. The Morgan fingerprint density at radius 2 is 1.96 bits per heavy atom. The van der Waals surface area contributed by atoms with E-state index >= 15 is 0 Å². The van der Waals surface area contributed by atoms with Gasteiger partial charge in [-0.3, -0.25) is 4.79 Å². The molecule has 0 saturated heterocycles. The van der Waals surface area contributed by atoms with Gasteiger partial charge in [0, 0.05) is 10.7 Å². The van der Waals surface area contributed by atoms with E-state index in [0.29, 0.717) is 16.3 Å². The van der Waals surface area contributed by atoms with Crippen LogP contribution in [0.1, 0.15) is 18.0 Å². The van der Waals surface area contributed by atoms with Crippen LogP contribution in [0.4, 0.5) is 14.9 Å². The van der Waals surface area contributed by atoms with Gasteiger partial charge >= 0.3 is 12.0 Å². The van der Waals surface area contributed by atoms with E-state index in [1.54, 1.807) is 30.3 Å². The number of anilines is 1. The van der Waals surface area contributed by atoms with Crippen molar-refractivity contribution in [1.29, 1.82) is 0 Å². The van der Waals surface area contributed by atoms with E-state index in [9.17, 15) is 14.0 Å². The van der Waals surface area contributed by atoms with Crippen molar-refractivity contribution in [1.82, 2.24) is 5.32 Å². The average molecular weight is 351 g/mol. The van der Waals surface area contributed by atoms with Gasteiger partial charge in [0.25, 0.3) is 0 Å². The van der Waals surface area contributed by atoms with E-state index in [-0.39, 0.29) is 6.42 Å². The van der Waals surface area contributed by atoms with Crippen LogP contribution in [0.15, 0.2) is 48.5 Å². The van der Waals surface area contributed by atoms with Crippen LogP contribution in [0.2, 0.25) is 5.02 Å². The Balaban J connectivity index is 2.12. The first-order valence-corrected chi connectivity index (χ1v) is 7.51. The number of halogens is 2. The van der Waals surface area contributed by atoms with Gasteiger partial charge in [0.2, 0.25) is 0 Å². The van der Waals surface area contributed by atoms with Gasteiger partial charge in [-0.15, -0.1) is 0 Å². The number of hydrogen-bond donors (Lipinski definition) is 2. The van der Waals surface area contributed by atoms with Crippen LogP contribution < -0.4 is 10.6 Å². The zero-order valence-electron chi connectivity index (χ0n) is 12.9. The molecule has 2 amide bonds. The number of amides is 2. The van der Waals surface area contributed by atoms with Crippen molar-refractivity contribution in [2.24, 2.45) is 0 Å². The van der Waals surface area contributed by atoms with Crippen LogP contribution in [0.25, 0.3) is 0 Å². The summed E-state index contributed by atoms with van der Waals surface area (Å²) in [5, 5.41) is 5.72. The number of nitrogens with one attached hydrogen (secondary N) is 2. The van der Waals surface area contributed by atoms with Gasteiger partial charge in [0.1, 0.15) is 5.82 Å². The molecule has 126 valence electrons. The molecule has 0 radical (unpaired) electrons. The third-order valence-corrected chi connectivity index (χ3v) is 3.47. The molecule has 0 fully saturated rings. The number of esters is 1. The van der Waals surface area contributed by atoms with E-state index in [1.807, 2.05) is 0 Å². The minimum Gasteiger partial charge on any atom is -0.469 e. The Kier molecular flexibility index (Phi) is 6.14. The number of hydrogen-bond acceptors (Lipinski definition) is 3. The molecule has 0 bridgehead atoms. The highest BCUT2D eigenvalue weighted by Gasteiger charge is 2.19. The molecule has 0 heterocycles. The molecular weight excluding hydrogens is 335 g/mol. The maximum atomic E-state index is 13.4. The molecule has 2 aromatic rings. The Labute approximate surface area is 143 Å². The minimum absolute atomic E-state index is 0.122. The van der Waals surface area contributed by atoms with Gasteiger partial charge in [-0.25, -0.2) is 9.18 Å². The summed E-state index contributed by atoms with van der Waals surface area (Å²) >= 11 is 5.86. The van der Waals surface area contributed by atoms with Gasteiger partial charge < -0.3 is 15.4 Å². The molecule has 1 atom stereocenters. The summed E-state index contributed by atoms with van der Waals surface area (Å²) in [6, 6.07) is 11.0. The van der Waals surface area contributed by atoms with Crippen LogP contribution in [0.5, 0.6) is 0 Å². The number of carbonyl (C=O) groups is 2. The van der Waals surface area contributed by atoms with Crippen molar-refractivity contribution >= 4 is 29.3 Å². The Bertz CT molecular complexity index is 739. The molecule has 0 unspecified atom stereocenters. The number of rotatable bonds is 5. The zero-order chi connectivity index (χ0) is 17.5. The Hall–Kier alpha value is -2.60. The summed E-state index contributed by atoms with van der Waals surface area (Å²) in [6.45, 7) is 0. The number of urea groups is 1. The summed E-state index contributed by atoms with van der Waals surface area (Å²) in [7, 11) is 1.25. The Morgan fingerprint density at radius 3 is 2.62 bits per heavy atom. The lowest BCUT2D eigenvalue weighted by molar-refractivity contribution is -0.141. The van der Waals surface area contributed by atoms with Crippen molar-refractivity contribution in [2.75, 3.05) is 12.4 Å². The molecule has 0 aromatic heterocycles. The fourth-order valence-electron chi connectivity index (χ4n) is 2.12. The summed E-state index contributed by atoms with van der Waals surface area (Å²) in [6.07, 6.45) is -0.122. The number of benzene rings is 2. The van der Waals surface area contributed by atoms with E-state index in [0.717, 1.165) is 0 Å². The van der Waals surface area contributed by atoms with Crippen molar-refractivity contribution < 1.29 is 18.7 Å². The summed E-state index contributed by atoms with van der Waals surface area (Å²) in [5.74, 6) is -0.980. The number of carbonyl (C=O) groups excluding carboxylic acids is 2. The summed E-state index contributed by atoms with van der Waals surface area (Å²) in [4.78, 5) is 23.7. The molecule has 0 spiro atoms. The maximum absolute atomic E-state index is 13.4. The fraction of sp³-hybridized carbons (Fsp3) is 0.176. The molecule has 24 heavy (non-hydrogen) atoms. The van der Waals surface area contributed by atoms with E-state index < -0.39 is 23.9 Å². The first-order valence-electron chi connectivity index (χ1n) is 7.13. The van der Waals surface area contributed by atoms with Crippen molar-refractivity contribution in [2.45, 2.75) is 12.5 Å². The number of methoxy groups -OCH3 is 1. The van der Waals surface area contributed by atoms with Crippen molar-refractivity contribution in [3.05, 3.63) is 64.9 Å². The first kappa shape index (κ1) is 17.7. The van der Waals surface area contributed by atoms with Gasteiger partial charge in [-0.05, 0) is 35.9 Å². The van der Waals surface area contributed by atoms with E-state index in [2.05, 4.69) is 15.4 Å². The van der Waals surface area contributed by atoms with Gasteiger partial charge in [0.15, 0.2) is 0 Å². The molecule has 5 nitrogen and oxygen atoms in total. The topological polar surface area (TPSA) is 67.4 Å². The normalized spacial score (nSPS) is 11.5. The highest BCUT2D eigenvalue weighted by atomic mass is 35.5. The lowest BCUT2D eigenvalue weighted by Gasteiger charge is -2.19. The molecular formula is C17H16ClFN2O3. The van der Waals surface area contributed by atoms with Crippen LogP contribution >= 0.6 is 11.6 Å². The van der Waals surface area contributed by atoms with Crippen LogP contribution in [0, 0.1) is 5.82 Å². The molecule has 2 aromatic carbocycles. The quantitative estimate of drug-likeness (QED) is 0.803. The molecule has 0 saturated carbocycles. The standard InChI is InChI=1S/C17H16ClFN2O3/c1-24-16(22)10-15(11-4-2-6-13(19)8-11)21-17(23)20-14-7-3-5-12(18)9-14/h2-9,15H,10H2,1H3,(H2,20,21,23)/t15-/m1/s1. The monoisotopic (exact) mass is 350 g/mol. The fourth-order valence-corrected chi connectivity index (χ4v) is 2.31. The second kappa shape index (κ2) is 8.31. The molecule has 2 rings (SSSR count). The van der Waals surface area contributed by atoms with Gasteiger partial charge in [0.05, 0.1) is 19.6 Å². The van der Waals surface area contributed by atoms with Gasteiger partial charge in [-0.1, -0.05) is 29.8 Å². The molecule has 0 aliphatic rings. The highest BCUT2D eigenvalue weighted by Crippen LogP contribution is 2.19. The van der Waals surface area contributed by atoms with E-state index in [4.69, 9.17) is 11.6 Å². The summed E-state index contributed by atoms with van der Waals surface area (Å²) in [5.41, 5.74) is 0.956. The maximum Gasteiger partial charge on any atom is 0.319 e. The molecule has 0 aliphatic heterocycles. The largest absolute Gasteiger partial charge is 0.469 e. The second-order valence-electron chi connectivity index (χ2n) is 5.00. The zero-order valence-corrected chi connectivity index (χ0v) is 13.6. The molecule has 7 heteroatoms. The smallest absolute Gasteiger partial charge is 0.319 e. The first-order chi connectivity index (χ1) is 11.5. The summed E-state index contributed by atoms with van der Waals surface area (Å²) < 4.78 is 18.0. The average Bonchev–Trinajstić information content (AvgIpc) is 2.54. The van der Waals surface area contributed by atoms with E-state index in [1.165, 1.54) is 25.3 Å². The number of ether oxygens (including phenoxy) is 1. The van der Waals surface area contributed by atoms with Crippen molar-refractivity contribution in [3.8, 4) is 0 Å². The highest BCUT2D eigenvalue weighted by molar-refractivity contribution is 6.30. The lowest BCUT2D eigenvalue weighted by atomic mass is 10.0. The molecule has 0 aliphatic carbocycles. The minimum atomic E-state index is -0.729. The third-order valence-electron chi connectivity index (χ3n) is 3.24. The van der Waals surface area contributed by atoms with Gasteiger partial charge in [-0.2, -0.15) is 0 Å². The molecule has 2 N–H and O–H groups in total. The van der Waals surface area contributed by atoms with Crippen LogP contribution in [-0.4, -0.2) is 19.1 Å². The SMILES string of the molecule is COC(=O)C[C@@H](NC(=O)Nc1cccc(Cl)c1)c1cccc(F)c1. The predicted molar refractivity (Wildman–Crippen MR) is 89.4 cm³/mol. The predicted octanol–water partition coefficient (Wildman–Crippen LogP) is 3.91.